The van der Waals surface area contributed by atoms with Crippen molar-refractivity contribution in [1.29, 1.82) is 0 Å². The van der Waals surface area contributed by atoms with E-state index in [-0.39, 0.29) is 11.3 Å². The van der Waals surface area contributed by atoms with Gasteiger partial charge < -0.3 is 20.9 Å². The molecule has 0 bridgehead atoms. The number of rotatable bonds is 4. The molecule has 7 nitrogen and oxygen atoms in total. The molecule has 0 spiro atoms. The summed E-state index contributed by atoms with van der Waals surface area (Å²) in [6.07, 6.45) is 4.43. The fraction of sp³-hybridized carbons (Fsp3) is 0.174. The van der Waals surface area contributed by atoms with E-state index in [0.717, 1.165) is 42.0 Å². The minimum atomic E-state index is -0.745. The number of nitrogens with one attached hydrogen (secondary N) is 2. The summed E-state index contributed by atoms with van der Waals surface area (Å²) in [6.45, 7) is -0.745. The number of carbonyl (C=O) groups excluding carboxylic acids is 1. The van der Waals surface area contributed by atoms with Crippen LogP contribution in [0.2, 0.25) is 0 Å². The van der Waals surface area contributed by atoms with Crippen molar-refractivity contribution >= 4 is 34.3 Å². The van der Waals surface area contributed by atoms with Crippen molar-refractivity contribution in [3.05, 3.63) is 71.4 Å². The van der Waals surface area contributed by atoms with Gasteiger partial charge in [0.1, 0.15) is 24.3 Å². The second-order valence-corrected chi connectivity index (χ2v) is 7.64. The van der Waals surface area contributed by atoms with Crippen LogP contribution in [0.5, 0.6) is 0 Å². The minimum Gasteiger partial charge on any atom is -0.382 e. The van der Waals surface area contributed by atoms with Gasteiger partial charge in [-0.2, -0.15) is 0 Å². The molecule has 2 aromatic heterocycles. The largest absolute Gasteiger partial charge is 0.382 e. The molecule has 0 saturated heterocycles. The molecule has 0 atom stereocenters. The summed E-state index contributed by atoms with van der Waals surface area (Å²) in [5.74, 6) is -0.218. The Hall–Kier alpha value is -4.01. The van der Waals surface area contributed by atoms with E-state index >= 15 is 0 Å². The number of benzene rings is 2. The van der Waals surface area contributed by atoms with Crippen molar-refractivity contribution < 1.29 is 13.6 Å². The molecule has 9 heteroatoms. The van der Waals surface area contributed by atoms with Gasteiger partial charge in [-0.25, -0.2) is 23.5 Å². The number of anilines is 3. The number of urea groups is 1. The van der Waals surface area contributed by atoms with Crippen molar-refractivity contribution in [1.82, 2.24) is 14.5 Å². The van der Waals surface area contributed by atoms with Crippen LogP contribution >= 0.6 is 0 Å². The molecule has 162 valence electrons. The van der Waals surface area contributed by atoms with Crippen LogP contribution in [-0.2, 0) is 19.5 Å². The van der Waals surface area contributed by atoms with Gasteiger partial charge in [-0.1, -0.05) is 6.07 Å². The van der Waals surface area contributed by atoms with Crippen molar-refractivity contribution in [2.75, 3.05) is 16.4 Å². The van der Waals surface area contributed by atoms with Gasteiger partial charge in [0.2, 0.25) is 0 Å². The van der Waals surface area contributed by atoms with E-state index in [1.165, 1.54) is 29.7 Å². The molecule has 2 aromatic carbocycles. The Bertz CT molecular complexity index is 1330. The summed E-state index contributed by atoms with van der Waals surface area (Å²) in [5, 5.41) is 5.07. The number of nitrogens with zero attached hydrogens (tertiary/aromatic N) is 3. The van der Waals surface area contributed by atoms with E-state index in [2.05, 4.69) is 25.2 Å². The van der Waals surface area contributed by atoms with Gasteiger partial charge in [0.05, 0.1) is 11.2 Å². The number of aromatic nitrogens is 3. The summed E-state index contributed by atoms with van der Waals surface area (Å²) in [7, 11) is 0. The number of nitrogen functional groups attached to an aromatic ring is 1. The zero-order chi connectivity index (χ0) is 22.2. The number of nitrogens with two attached hydrogens (primary N) is 1. The molecule has 0 fully saturated rings. The predicted molar refractivity (Wildman–Crippen MR) is 119 cm³/mol. The first-order valence-corrected chi connectivity index (χ1v) is 10.2. The highest BCUT2D eigenvalue weighted by molar-refractivity contribution is 6.00. The summed E-state index contributed by atoms with van der Waals surface area (Å²) in [6, 6.07) is 10.3. The first-order chi connectivity index (χ1) is 15.5. The van der Waals surface area contributed by atoms with Crippen LogP contribution in [0.1, 0.15) is 23.2 Å². The number of hydrogen-bond donors (Lipinski definition) is 3. The number of alkyl halides is 1. The SMILES string of the molecule is Nc1ncnc2c3c(n(-c4ccc(NC(=O)Nc5cc(CF)ccc5F)cc4)c12)CCC3. The number of aryl methyl sites for hydroxylation is 1. The van der Waals surface area contributed by atoms with E-state index in [0.29, 0.717) is 11.5 Å². The molecule has 1 aliphatic carbocycles. The zero-order valence-electron chi connectivity index (χ0n) is 17.0. The molecule has 2 heterocycles. The number of hydrogen-bond acceptors (Lipinski definition) is 4. The highest BCUT2D eigenvalue weighted by Crippen LogP contribution is 2.36. The van der Waals surface area contributed by atoms with Crippen LogP contribution < -0.4 is 16.4 Å². The fourth-order valence-electron chi connectivity index (χ4n) is 4.21. The Kier molecular flexibility index (Phi) is 4.93. The molecule has 5 rings (SSSR count). The number of carbonyl (C=O) groups is 1. The Balaban J connectivity index is 1.40. The molecular weight excluding hydrogens is 414 g/mol. The third kappa shape index (κ3) is 3.41. The molecule has 2 amide bonds. The molecule has 1 aliphatic rings. The van der Waals surface area contributed by atoms with Gasteiger partial charge in [-0.05, 0) is 66.8 Å². The topological polar surface area (TPSA) is 97.9 Å². The summed E-state index contributed by atoms with van der Waals surface area (Å²) in [4.78, 5) is 20.9. The lowest BCUT2D eigenvalue weighted by molar-refractivity contribution is 0.262. The van der Waals surface area contributed by atoms with Gasteiger partial charge in [0.15, 0.2) is 5.82 Å². The maximum atomic E-state index is 13.9. The summed E-state index contributed by atoms with van der Waals surface area (Å²) in [5.41, 5.74) is 11.8. The first-order valence-electron chi connectivity index (χ1n) is 10.2. The second kappa shape index (κ2) is 7.92. The normalized spacial score (nSPS) is 12.7. The summed E-state index contributed by atoms with van der Waals surface area (Å²) < 4.78 is 28.8. The molecule has 0 unspecified atom stereocenters. The quantitative estimate of drug-likeness (QED) is 0.432. The standard InChI is InChI=1S/C23H20F2N6O/c24-11-13-4-9-17(25)18(10-13)30-23(32)29-14-5-7-15(8-6-14)31-19-3-1-2-16(19)20-21(31)22(26)28-12-27-20/h4-10,12H,1-3,11H2,(H2,26,27,28)(H2,29,30,32). The van der Waals surface area contributed by atoms with Gasteiger partial charge in [0.25, 0.3) is 0 Å². The van der Waals surface area contributed by atoms with Crippen LogP contribution in [0.25, 0.3) is 16.7 Å². The number of fused-ring (bicyclic) bond motifs is 3. The molecule has 0 aliphatic heterocycles. The van der Waals surface area contributed by atoms with Gasteiger partial charge in [-0.3, -0.25) is 0 Å². The maximum absolute atomic E-state index is 13.9. The van der Waals surface area contributed by atoms with Crippen LogP contribution in [0.15, 0.2) is 48.8 Å². The van der Waals surface area contributed by atoms with Crippen LogP contribution in [0, 0.1) is 5.82 Å². The first kappa shape index (κ1) is 19.9. The highest BCUT2D eigenvalue weighted by atomic mass is 19.1. The summed E-state index contributed by atoms with van der Waals surface area (Å²) >= 11 is 0. The lowest BCUT2D eigenvalue weighted by atomic mass is 10.2. The van der Waals surface area contributed by atoms with Crippen LogP contribution in [0.4, 0.5) is 30.8 Å². The van der Waals surface area contributed by atoms with Gasteiger partial charge >= 0.3 is 6.03 Å². The third-order valence-electron chi connectivity index (χ3n) is 5.64. The van der Waals surface area contributed by atoms with E-state index < -0.39 is 18.5 Å². The van der Waals surface area contributed by atoms with E-state index in [9.17, 15) is 13.6 Å². The second-order valence-electron chi connectivity index (χ2n) is 7.64. The number of amides is 2. The van der Waals surface area contributed by atoms with E-state index in [1.54, 1.807) is 12.1 Å². The van der Waals surface area contributed by atoms with Crippen LogP contribution in [-0.4, -0.2) is 20.6 Å². The minimum absolute atomic E-state index is 0.0841. The van der Waals surface area contributed by atoms with Gasteiger partial charge in [-0.15, -0.1) is 0 Å². The maximum Gasteiger partial charge on any atom is 0.323 e. The molecular formula is C23H20F2N6O. The lowest BCUT2D eigenvalue weighted by Gasteiger charge is -2.12. The smallest absolute Gasteiger partial charge is 0.323 e. The molecule has 0 radical (unpaired) electrons. The van der Waals surface area contributed by atoms with E-state index in [4.69, 9.17) is 5.73 Å². The van der Waals surface area contributed by atoms with E-state index in [1.807, 2.05) is 12.1 Å². The fourth-order valence-corrected chi connectivity index (χ4v) is 4.21. The Morgan fingerprint density at radius 1 is 1.09 bits per heavy atom. The average Bonchev–Trinajstić information content (AvgIpc) is 3.38. The van der Waals surface area contributed by atoms with Crippen LogP contribution in [0.3, 0.4) is 0 Å². The van der Waals surface area contributed by atoms with Crippen molar-refractivity contribution in [3.8, 4) is 5.69 Å². The average molecular weight is 434 g/mol. The zero-order valence-corrected chi connectivity index (χ0v) is 17.0. The van der Waals surface area contributed by atoms with Crippen molar-refractivity contribution in [2.45, 2.75) is 25.9 Å². The Morgan fingerprint density at radius 2 is 1.91 bits per heavy atom. The van der Waals surface area contributed by atoms with Crippen molar-refractivity contribution in [3.63, 3.8) is 0 Å². The lowest BCUT2D eigenvalue weighted by Crippen LogP contribution is -2.20. The Morgan fingerprint density at radius 3 is 2.69 bits per heavy atom. The molecule has 32 heavy (non-hydrogen) atoms. The predicted octanol–water partition coefficient (Wildman–Crippen LogP) is 4.74. The van der Waals surface area contributed by atoms with Gasteiger partial charge in [0, 0.05) is 17.1 Å². The third-order valence-corrected chi connectivity index (χ3v) is 5.64. The molecule has 4 aromatic rings. The van der Waals surface area contributed by atoms with Crippen molar-refractivity contribution in [2.24, 2.45) is 0 Å². The molecule has 4 N–H and O–H groups in total. The monoisotopic (exact) mass is 434 g/mol. The molecule has 0 saturated carbocycles. The number of halogens is 2. The Labute approximate surface area is 182 Å². The highest BCUT2D eigenvalue weighted by Gasteiger charge is 2.25.